The molecule has 1 saturated heterocycles. The maximum atomic E-state index is 11.1. The van der Waals surface area contributed by atoms with Gasteiger partial charge in [0, 0.05) is 12.8 Å². The number of ether oxygens (including phenoxy) is 2. The zero-order valence-corrected chi connectivity index (χ0v) is 25.5. The van der Waals surface area contributed by atoms with Crippen molar-refractivity contribution in [2.45, 2.75) is 153 Å². The van der Waals surface area contributed by atoms with Crippen molar-refractivity contribution in [2.75, 3.05) is 19.8 Å². The van der Waals surface area contributed by atoms with Crippen LogP contribution in [0.1, 0.15) is 115 Å². The van der Waals surface area contributed by atoms with Crippen molar-refractivity contribution in [1.29, 1.82) is 0 Å². The second-order valence-corrected chi connectivity index (χ2v) is 11.6. The van der Waals surface area contributed by atoms with E-state index < -0.39 is 49.5 Å². The van der Waals surface area contributed by atoms with E-state index in [1.807, 2.05) is 6.08 Å². The first-order valence-corrected chi connectivity index (χ1v) is 16.2. The minimum absolute atomic E-state index is 0.125. The SMILES string of the molecule is CCCCCCCCCCCCC/C=C/[C@@H](O)[C@H](CO[C@@H]1OC(CO)[C@H](O)C(O)C1O)n1cc(CCCCCO)nn1. The predicted molar refractivity (Wildman–Crippen MR) is 160 cm³/mol. The molecule has 42 heavy (non-hydrogen) atoms. The van der Waals surface area contributed by atoms with Gasteiger partial charge in [-0.2, -0.15) is 0 Å². The molecule has 0 spiro atoms. The first-order valence-electron chi connectivity index (χ1n) is 16.2. The van der Waals surface area contributed by atoms with Crippen LogP contribution in [0, 0.1) is 0 Å². The van der Waals surface area contributed by atoms with Crippen molar-refractivity contribution in [1.82, 2.24) is 15.0 Å². The number of aliphatic hydroxyl groups excluding tert-OH is 6. The van der Waals surface area contributed by atoms with Gasteiger partial charge in [0.15, 0.2) is 6.29 Å². The van der Waals surface area contributed by atoms with Crippen molar-refractivity contribution < 1.29 is 40.1 Å². The van der Waals surface area contributed by atoms with Gasteiger partial charge in [0.25, 0.3) is 0 Å². The minimum Gasteiger partial charge on any atom is -0.396 e. The molecule has 0 radical (unpaired) electrons. The Balaban J connectivity index is 1.86. The number of hydrogen-bond acceptors (Lipinski definition) is 10. The van der Waals surface area contributed by atoms with Gasteiger partial charge in [0.2, 0.25) is 0 Å². The molecule has 3 unspecified atom stereocenters. The number of aryl methyl sites for hydroxylation is 1. The summed E-state index contributed by atoms with van der Waals surface area (Å²) < 4.78 is 12.8. The van der Waals surface area contributed by atoms with E-state index in [0.717, 1.165) is 44.2 Å². The minimum atomic E-state index is -1.55. The first-order chi connectivity index (χ1) is 20.4. The summed E-state index contributed by atoms with van der Waals surface area (Å²) in [4.78, 5) is 0. The predicted octanol–water partition coefficient (Wildman–Crippen LogP) is 2.96. The highest BCUT2D eigenvalue weighted by Crippen LogP contribution is 2.24. The lowest BCUT2D eigenvalue weighted by molar-refractivity contribution is -0.303. The largest absolute Gasteiger partial charge is 0.396 e. The summed E-state index contributed by atoms with van der Waals surface area (Å²) >= 11 is 0. The molecule has 0 amide bonds. The Hall–Kier alpha value is -1.44. The molecule has 1 aliphatic heterocycles. The molecule has 2 heterocycles. The molecule has 244 valence electrons. The summed E-state index contributed by atoms with van der Waals surface area (Å²) in [6, 6.07) is -0.690. The molecule has 1 fully saturated rings. The Kier molecular flexibility index (Phi) is 19.4. The average molecular weight is 600 g/mol. The molecule has 2 rings (SSSR count). The Labute approximate surface area is 251 Å². The summed E-state index contributed by atoms with van der Waals surface area (Å²) in [7, 11) is 0. The molecule has 0 saturated carbocycles. The van der Waals surface area contributed by atoms with Gasteiger partial charge in [-0.1, -0.05) is 94.9 Å². The smallest absolute Gasteiger partial charge is 0.186 e. The van der Waals surface area contributed by atoms with Crippen LogP contribution in [0.3, 0.4) is 0 Å². The summed E-state index contributed by atoms with van der Waals surface area (Å²) in [5, 5.41) is 68.4. The van der Waals surface area contributed by atoms with Crippen LogP contribution >= 0.6 is 0 Å². The number of unbranched alkanes of at least 4 members (excludes halogenated alkanes) is 13. The number of nitrogens with zero attached hydrogens (tertiary/aromatic N) is 3. The number of allylic oxidation sites excluding steroid dienone is 1. The Bertz CT molecular complexity index is 824. The first kappa shape index (κ1) is 36.8. The number of hydrogen-bond donors (Lipinski definition) is 6. The fraction of sp³-hybridized carbons (Fsp3) is 0.871. The van der Waals surface area contributed by atoms with Gasteiger partial charge in [-0.05, 0) is 32.1 Å². The zero-order valence-electron chi connectivity index (χ0n) is 25.5. The molecule has 1 aromatic rings. The van der Waals surface area contributed by atoms with Gasteiger partial charge in [-0.25, -0.2) is 4.68 Å². The van der Waals surface area contributed by atoms with E-state index in [1.54, 1.807) is 12.3 Å². The van der Waals surface area contributed by atoms with E-state index in [9.17, 15) is 25.5 Å². The lowest BCUT2D eigenvalue weighted by Gasteiger charge is -2.40. The average Bonchev–Trinajstić information content (AvgIpc) is 3.46. The zero-order chi connectivity index (χ0) is 30.6. The molecule has 6 N–H and O–H groups in total. The molecular formula is C31H57N3O8. The van der Waals surface area contributed by atoms with Crippen LogP contribution in [0.2, 0.25) is 0 Å². The van der Waals surface area contributed by atoms with Crippen molar-refractivity contribution in [2.24, 2.45) is 0 Å². The fourth-order valence-corrected chi connectivity index (χ4v) is 5.21. The van der Waals surface area contributed by atoms with E-state index >= 15 is 0 Å². The Morgan fingerprint density at radius 1 is 0.881 bits per heavy atom. The topological polar surface area (TPSA) is 171 Å². The van der Waals surface area contributed by atoms with Crippen LogP contribution in [-0.2, 0) is 15.9 Å². The molecule has 0 aliphatic carbocycles. The van der Waals surface area contributed by atoms with Crippen molar-refractivity contribution in [3.05, 3.63) is 24.0 Å². The summed E-state index contributed by atoms with van der Waals surface area (Å²) in [6.07, 6.45) is 15.5. The lowest BCUT2D eigenvalue weighted by Crippen LogP contribution is -2.59. The fourth-order valence-electron chi connectivity index (χ4n) is 5.21. The molecule has 0 aromatic carbocycles. The van der Waals surface area contributed by atoms with Crippen molar-refractivity contribution in [3.63, 3.8) is 0 Å². The molecular weight excluding hydrogens is 542 g/mol. The summed E-state index contributed by atoms with van der Waals surface area (Å²) in [6.45, 7) is 1.72. The third-order valence-electron chi connectivity index (χ3n) is 7.97. The monoisotopic (exact) mass is 599 g/mol. The van der Waals surface area contributed by atoms with E-state index in [2.05, 4.69) is 17.2 Å². The highest BCUT2D eigenvalue weighted by Gasteiger charge is 2.44. The molecule has 1 aliphatic rings. The van der Waals surface area contributed by atoms with Crippen LogP contribution in [0.25, 0.3) is 0 Å². The van der Waals surface area contributed by atoms with Crippen LogP contribution in [0.4, 0.5) is 0 Å². The van der Waals surface area contributed by atoms with Gasteiger partial charge in [-0.3, -0.25) is 0 Å². The maximum absolute atomic E-state index is 11.1. The van der Waals surface area contributed by atoms with Crippen LogP contribution in [0.5, 0.6) is 0 Å². The lowest BCUT2D eigenvalue weighted by atomic mass is 9.99. The second-order valence-electron chi connectivity index (χ2n) is 11.6. The molecule has 1 aromatic heterocycles. The summed E-state index contributed by atoms with van der Waals surface area (Å²) in [5.41, 5.74) is 0.753. The van der Waals surface area contributed by atoms with Crippen LogP contribution < -0.4 is 0 Å². The quantitative estimate of drug-likeness (QED) is 0.0767. The number of aliphatic hydroxyl groups is 6. The third kappa shape index (κ3) is 13.5. The van der Waals surface area contributed by atoms with Crippen LogP contribution in [0.15, 0.2) is 18.3 Å². The van der Waals surface area contributed by atoms with Gasteiger partial charge in [0.05, 0.1) is 25.0 Å². The highest BCUT2D eigenvalue weighted by atomic mass is 16.7. The molecule has 0 bridgehead atoms. The molecule has 11 nitrogen and oxygen atoms in total. The van der Waals surface area contributed by atoms with E-state index in [1.165, 1.54) is 62.5 Å². The van der Waals surface area contributed by atoms with Gasteiger partial charge >= 0.3 is 0 Å². The van der Waals surface area contributed by atoms with Gasteiger partial charge in [0.1, 0.15) is 30.5 Å². The molecule has 7 atom stereocenters. The van der Waals surface area contributed by atoms with Crippen molar-refractivity contribution in [3.8, 4) is 0 Å². The third-order valence-corrected chi connectivity index (χ3v) is 7.97. The van der Waals surface area contributed by atoms with Gasteiger partial charge < -0.3 is 40.1 Å². The second kappa shape index (κ2) is 22.1. The highest BCUT2D eigenvalue weighted by molar-refractivity contribution is 4.99. The Morgan fingerprint density at radius 3 is 2.17 bits per heavy atom. The van der Waals surface area contributed by atoms with Gasteiger partial charge in [-0.15, -0.1) is 5.10 Å². The van der Waals surface area contributed by atoms with E-state index in [4.69, 9.17) is 14.6 Å². The van der Waals surface area contributed by atoms with E-state index in [0.29, 0.717) is 6.42 Å². The number of rotatable bonds is 24. The standard InChI is InChI=1S/C31H57N3O8/c1-2-3-4-5-6-7-8-9-10-11-12-13-16-19-26(37)25(34-21-24(32-33-34)18-15-14-17-20-35)23-41-31-30(40)29(39)28(38)27(22-36)42-31/h16,19,21,25-31,35-40H,2-15,17-18,20,22-23H2,1H3/b19-16+/t25-,26+,27?,28-,29?,30?,31+/m0/s1. The van der Waals surface area contributed by atoms with Crippen molar-refractivity contribution >= 4 is 0 Å². The van der Waals surface area contributed by atoms with Crippen LogP contribution in [-0.4, -0.2) is 102 Å². The number of aromatic nitrogens is 3. The molecule has 11 heteroatoms. The Morgan fingerprint density at radius 2 is 1.52 bits per heavy atom. The van der Waals surface area contributed by atoms with E-state index in [-0.39, 0.29) is 13.2 Å². The maximum Gasteiger partial charge on any atom is 0.186 e. The summed E-state index contributed by atoms with van der Waals surface area (Å²) in [5.74, 6) is 0. The normalized spacial score (nSPS) is 24.4.